The molecule has 1 aromatic rings. The lowest BCUT2D eigenvalue weighted by atomic mass is 10.0. The third kappa shape index (κ3) is 5.26. The number of benzene rings is 1. The van der Waals surface area contributed by atoms with Gasteiger partial charge in [-0.1, -0.05) is 12.1 Å². The molecule has 0 aliphatic carbocycles. The van der Waals surface area contributed by atoms with Gasteiger partial charge in [0.05, 0.1) is 0 Å². The zero-order valence-corrected chi connectivity index (χ0v) is 12.2. The van der Waals surface area contributed by atoms with E-state index in [1.54, 1.807) is 20.8 Å². The van der Waals surface area contributed by atoms with Gasteiger partial charge in [0.25, 0.3) is 0 Å². The molecule has 0 aliphatic heterocycles. The number of halogens is 3. The van der Waals surface area contributed by atoms with E-state index >= 15 is 0 Å². The van der Waals surface area contributed by atoms with E-state index < -0.39 is 24.0 Å². The van der Waals surface area contributed by atoms with Crippen molar-refractivity contribution in [2.45, 2.75) is 45.6 Å². The Kier molecular flexibility index (Phi) is 4.88. The topological polar surface area (TPSA) is 58.6 Å². The minimum absolute atomic E-state index is 0.283. The van der Waals surface area contributed by atoms with Crippen molar-refractivity contribution in [1.29, 1.82) is 0 Å². The molecule has 0 saturated carbocycles. The Morgan fingerprint density at radius 3 is 2.29 bits per heavy atom. The maximum absolute atomic E-state index is 12.4. The van der Waals surface area contributed by atoms with Crippen molar-refractivity contribution in [2.75, 3.05) is 5.32 Å². The number of carbonyl (C=O) groups excluding carboxylic acids is 1. The summed E-state index contributed by atoms with van der Waals surface area (Å²) in [6, 6.07) is 3.58. The van der Waals surface area contributed by atoms with E-state index in [4.69, 9.17) is 4.74 Å². The molecule has 0 unspecified atom stereocenters. The van der Waals surface area contributed by atoms with Crippen LogP contribution in [-0.2, 0) is 4.74 Å². The summed E-state index contributed by atoms with van der Waals surface area (Å²) in [6.45, 7) is 6.62. The Morgan fingerprint density at radius 1 is 1.29 bits per heavy atom. The van der Waals surface area contributed by atoms with Gasteiger partial charge in [-0.15, -0.1) is 0 Å². The fourth-order valence-corrected chi connectivity index (χ4v) is 1.60. The van der Waals surface area contributed by atoms with Gasteiger partial charge in [0.1, 0.15) is 5.60 Å². The highest BCUT2D eigenvalue weighted by Crippen LogP contribution is 2.33. The molecule has 7 heteroatoms. The first-order valence-corrected chi connectivity index (χ1v) is 6.25. The molecule has 1 aromatic carbocycles. The largest absolute Gasteiger partial charge is 0.444 e. The van der Waals surface area contributed by atoms with Crippen LogP contribution in [0.2, 0.25) is 0 Å². The van der Waals surface area contributed by atoms with Crippen molar-refractivity contribution in [3.63, 3.8) is 0 Å². The molecule has 0 saturated heterocycles. The van der Waals surface area contributed by atoms with Gasteiger partial charge in [-0.25, -0.2) is 4.79 Å². The summed E-state index contributed by atoms with van der Waals surface area (Å²) < 4.78 is 42.3. The van der Waals surface area contributed by atoms with Crippen molar-refractivity contribution >= 4 is 11.8 Å². The van der Waals surface area contributed by atoms with E-state index in [9.17, 15) is 23.1 Å². The molecule has 1 rings (SSSR count). The van der Waals surface area contributed by atoms with E-state index in [0.717, 1.165) is 6.07 Å². The Morgan fingerprint density at radius 2 is 1.86 bits per heavy atom. The van der Waals surface area contributed by atoms with Crippen LogP contribution in [0.1, 0.15) is 38.0 Å². The molecule has 0 spiro atoms. The molecule has 2 N–H and O–H groups in total. The number of anilines is 1. The molecule has 0 fully saturated rings. The van der Waals surface area contributed by atoms with Crippen LogP contribution >= 0.6 is 0 Å². The fraction of sp³-hybridized carbons (Fsp3) is 0.500. The maximum Gasteiger partial charge on any atom is 0.418 e. The molecule has 1 atom stereocenters. The highest BCUT2D eigenvalue weighted by molar-refractivity contribution is 5.85. The van der Waals surface area contributed by atoms with Crippen molar-refractivity contribution in [3.8, 4) is 0 Å². The third-order valence-electron chi connectivity index (χ3n) is 2.51. The summed E-state index contributed by atoms with van der Waals surface area (Å²) in [7, 11) is 0. The first kappa shape index (κ1) is 17.3. The normalized spacial score (nSPS) is 13.7. The van der Waals surface area contributed by atoms with Crippen LogP contribution in [0.3, 0.4) is 0 Å². The Bertz CT molecular complexity index is 521. The minimum Gasteiger partial charge on any atom is -0.444 e. The number of aliphatic hydroxyl groups is 1. The quantitative estimate of drug-likeness (QED) is 0.870. The predicted octanol–water partition coefficient (Wildman–Crippen LogP) is 3.94. The summed E-state index contributed by atoms with van der Waals surface area (Å²) in [5.74, 6) is 0. The average Bonchev–Trinajstić information content (AvgIpc) is 2.27. The van der Waals surface area contributed by atoms with Crippen molar-refractivity contribution < 1.29 is 27.8 Å². The molecule has 21 heavy (non-hydrogen) atoms. The van der Waals surface area contributed by atoms with Gasteiger partial charge in [0, 0.05) is 5.69 Å². The summed E-state index contributed by atoms with van der Waals surface area (Å²) in [5, 5.41) is 11.6. The molecular formula is C14H18F3NO3. The highest BCUT2D eigenvalue weighted by Gasteiger charge is 2.39. The number of alkyl halides is 3. The molecule has 0 heterocycles. The minimum atomic E-state index is -4.73. The molecule has 118 valence electrons. The van der Waals surface area contributed by atoms with E-state index in [0.29, 0.717) is 11.3 Å². The van der Waals surface area contributed by atoms with Crippen LogP contribution in [0.4, 0.5) is 23.7 Å². The number of aryl methyl sites for hydroxylation is 1. The van der Waals surface area contributed by atoms with E-state index in [1.807, 2.05) is 0 Å². The zero-order valence-electron chi connectivity index (χ0n) is 12.2. The van der Waals surface area contributed by atoms with Gasteiger partial charge in [-0.05, 0) is 44.9 Å². The van der Waals surface area contributed by atoms with Crippen LogP contribution in [-0.4, -0.2) is 23.0 Å². The second-order valence-electron chi connectivity index (χ2n) is 5.65. The molecule has 0 aromatic heterocycles. The van der Waals surface area contributed by atoms with Crippen molar-refractivity contribution in [1.82, 2.24) is 0 Å². The molecule has 0 bridgehead atoms. The summed E-state index contributed by atoms with van der Waals surface area (Å²) in [4.78, 5) is 11.6. The molecule has 1 amide bonds. The number of aliphatic hydroxyl groups excluding tert-OH is 1. The van der Waals surface area contributed by atoms with Gasteiger partial charge >= 0.3 is 12.3 Å². The van der Waals surface area contributed by atoms with Crippen LogP contribution in [0.25, 0.3) is 0 Å². The Hall–Kier alpha value is -1.76. The molecule has 0 aliphatic rings. The fourth-order valence-electron chi connectivity index (χ4n) is 1.60. The number of ether oxygens (including phenoxy) is 1. The van der Waals surface area contributed by atoms with Gasteiger partial charge in [-0.3, -0.25) is 5.32 Å². The van der Waals surface area contributed by atoms with Gasteiger partial charge in [-0.2, -0.15) is 13.2 Å². The number of hydrogen-bond donors (Lipinski definition) is 2. The van der Waals surface area contributed by atoms with Crippen LogP contribution in [0.15, 0.2) is 18.2 Å². The second-order valence-corrected chi connectivity index (χ2v) is 5.65. The third-order valence-corrected chi connectivity index (χ3v) is 2.51. The first-order valence-electron chi connectivity index (χ1n) is 6.25. The SMILES string of the molecule is Cc1cc([C@H](O)C(F)(F)F)ccc1NC(=O)OC(C)(C)C. The number of nitrogens with one attached hydrogen (secondary N) is 1. The lowest BCUT2D eigenvalue weighted by Crippen LogP contribution is -2.27. The van der Waals surface area contributed by atoms with Gasteiger partial charge in [0.15, 0.2) is 6.10 Å². The van der Waals surface area contributed by atoms with Gasteiger partial charge < -0.3 is 9.84 Å². The number of amides is 1. The second kappa shape index (κ2) is 5.93. The van der Waals surface area contributed by atoms with Gasteiger partial charge in [0.2, 0.25) is 0 Å². The summed E-state index contributed by atoms with van der Waals surface area (Å²) >= 11 is 0. The van der Waals surface area contributed by atoms with Crippen molar-refractivity contribution in [2.24, 2.45) is 0 Å². The van der Waals surface area contributed by atoms with Crippen LogP contribution < -0.4 is 5.32 Å². The highest BCUT2D eigenvalue weighted by atomic mass is 19.4. The standard InChI is InChI=1S/C14H18F3NO3/c1-8-7-9(11(19)14(15,16)17)5-6-10(8)18-12(20)21-13(2,3)4/h5-7,11,19H,1-4H3,(H,18,20)/t11-/m0/s1. The van der Waals surface area contributed by atoms with Crippen LogP contribution in [0.5, 0.6) is 0 Å². The number of hydrogen-bond acceptors (Lipinski definition) is 3. The molecule has 0 radical (unpaired) electrons. The monoisotopic (exact) mass is 305 g/mol. The predicted molar refractivity (Wildman–Crippen MR) is 72.1 cm³/mol. The number of rotatable bonds is 2. The van der Waals surface area contributed by atoms with E-state index in [2.05, 4.69) is 5.32 Å². The maximum atomic E-state index is 12.4. The lowest BCUT2D eigenvalue weighted by Gasteiger charge is -2.21. The number of carbonyl (C=O) groups is 1. The zero-order chi connectivity index (χ0) is 16.4. The van der Waals surface area contributed by atoms with Crippen molar-refractivity contribution in [3.05, 3.63) is 29.3 Å². The summed E-state index contributed by atoms with van der Waals surface area (Å²) in [6.07, 6.45) is -7.98. The smallest absolute Gasteiger partial charge is 0.418 e. The molecular weight excluding hydrogens is 287 g/mol. The summed E-state index contributed by atoms with van der Waals surface area (Å²) in [5.41, 5.74) is -0.247. The first-order chi connectivity index (χ1) is 9.40. The Labute approximate surface area is 120 Å². The van der Waals surface area contributed by atoms with Crippen LogP contribution in [0, 0.1) is 6.92 Å². The van der Waals surface area contributed by atoms with E-state index in [-0.39, 0.29) is 5.56 Å². The lowest BCUT2D eigenvalue weighted by molar-refractivity contribution is -0.206. The van der Waals surface area contributed by atoms with E-state index in [1.165, 1.54) is 19.1 Å². The average molecular weight is 305 g/mol. The molecule has 4 nitrogen and oxygen atoms in total. The Balaban J connectivity index is 2.87.